The fraction of sp³-hybridized carbons (Fsp3) is 0.400. The highest BCUT2D eigenvalue weighted by Gasteiger charge is 2.04. The molecule has 1 aromatic heterocycles. The number of para-hydroxylation sites is 1. The number of hydrogen-bond acceptors (Lipinski definition) is 4. The molecule has 27 heavy (non-hydrogen) atoms. The van der Waals surface area contributed by atoms with Crippen molar-refractivity contribution in [2.24, 2.45) is 4.99 Å². The van der Waals surface area contributed by atoms with Gasteiger partial charge >= 0.3 is 0 Å². The van der Waals surface area contributed by atoms with E-state index in [2.05, 4.69) is 33.6 Å². The molecule has 2 N–H and O–H groups in total. The molecular weight excluding hydrogens is 453 g/mol. The Labute approximate surface area is 179 Å². The Morgan fingerprint density at radius 1 is 1.11 bits per heavy atom. The molecule has 2 aromatic rings. The standard InChI is InChI=1S/C20H29N5O.HI/c1-5-21-20(22-14-13-16-9-6-7-11-18(16)26-4)23-15-17-10-8-12-19(24-17)25(2)3;/h6-12H,5,13-15H2,1-4H3,(H2,21,22,23);1H. The smallest absolute Gasteiger partial charge is 0.191 e. The number of pyridine rings is 1. The van der Waals surface area contributed by atoms with Crippen LogP contribution in [0.3, 0.4) is 0 Å². The Balaban J connectivity index is 0.00000364. The summed E-state index contributed by atoms with van der Waals surface area (Å²) in [4.78, 5) is 11.2. The lowest BCUT2D eigenvalue weighted by Gasteiger charge is -2.13. The van der Waals surface area contributed by atoms with Crippen molar-refractivity contribution in [2.75, 3.05) is 39.2 Å². The average molecular weight is 483 g/mol. The van der Waals surface area contributed by atoms with Crippen LogP contribution >= 0.6 is 24.0 Å². The number of methoxy groups -OCH3 is 1. The predicted octanol–water partition coefficient (Wildman–Crippen LogP) is 3.07. The number of halogens is 1. The topological polar surface area (TPSA) is 61.8 Å². The van der Waals surface area contributed by atoms with Crippen LogP contribution in [0.1, 0.15) is 18.2 Å². The van der Waals surface area contributed by atoms with Gasteiger partial charge in [-0.1, -0.05) is 24.3 Å². The molecule has 6 nitrogen and oxygen atoms in total. The molecule has 0 aliphatic heterocycles. The molecule has 0 radical (unpaired) electrons. The molecule has 148 valence electrons. The maximum atomic E-state index is 5.40. The fourth-order valence-electron chi connectivity index (χ4n) is 2.53. The number of nitrogens with one attached hydrogen (secondary N) is 2. The minimum absolute atomic E-state index is 0. The van der Waals surface area contributed by atoms with Gasteiger partial charge in [0.25, 0.3) is 0 Å². The Hall–Kier alpha value is -2.03. The van der Waals surface area contributed by atoms with Crippen molar-refractivity contribution in [1.29, 1.82) is 0 Å². The zero-order valence-electron chi connectivity index (χ0n) is 16.5. The molecule has 0 fully saturated rings. The van der Waals surface area contributed by atoms with Gasteiger partial charge in [0.05, 0.1) is 19.3 Å². The molecule has 0 aliphatic carbocycles. The zero-order valence-corrected chi connectivity index (χ0v) is 18.9. The van der Waals surface area contributed by atoms with Crippen LogP contribution in [0.4, 0.5) is 5.82 Å². The molecule has 0 saturated heterocycles. The van der Waals surface area contributed by atoms with Crippen molar-refractivity contribution in [3.63, 3.8) is 0 Å². The van der Waals surface area contributed by atoms with E-state index in [-0.39, 0.29) is 24.0 Å². The first kappa shape index (κ1) is 23.0. The first-order valence-corrected chi connectivity index (χ1v) is 8.91. The number of benzene rings is 1. The van der Waals surface area contributed by atoms with Gasteiger partial charge in [-0.25, -0.2) is 9.98 Å². The maximum absolute atomic E-state index is 5.40. The summed E-state index contributed by atoms with van der Waals surface area (Å²) in [5.41, 5.74) is 2.12. The fourth-order valence-corrected chi connectivity index (χ4v) is 2.53. The normalized spacial score (nSPS) is 10.7. The van der Waals surface area contributed by atoms with Crippen LogP contribution < -0.4 is 20.3 Å². The summed E-state index contributed by atoms with van der Waals surface area (Å²) in [6.07, 6.45) is 0.864. The number of aromatic nitrogens is 1. The van der Waals surface area contributed by atoms with E-state index in [1.807, 2.05) is 55.4 Å². The van der Waals surface area contributed by atoms with Crippen molar-refractivity contribution in [3.8, 4) is 5.75 Å². The molecule has 0 bridgehead atoms. The van der Waals surface area contributed by atoms with E-state index in [1.54, 1.807) is 7.11 Å². The van der Waals surface area contributed by atoms with Crippen LogP contribution in [-0.4, -0.2) is 45.2 Å². The summed E-state index contributed by atoms with van der Waals surface area (Å²) in [5.74, 6) is 2.65. The third-order valence-electron chi connectivity index (χ3n) is 3.87. The maximum Gasteiger partial charge on any atom is 0.191 e. The second-order valence-electron chi connectivity index (χ2n) is 6.07. The first-order chi connectivity index (χ1) is 12.6. The Bertz CT molecular complexity index is 721. The lowest BCUT2D eigenvalue weighted by Crippen LogP contribution is -2.38. The Morgan fingerprint density at radius 2 is 1.89 bits per heavy atom. The summed E-state index contributed by atoms with van der Waals surface area (Å²) >= 11 is 0. The van der Waals surface area contributed by atoms with Gasteiger partial charge in [0.2, 0.25) is 0 Å². The van der Waals surface area contributed by atoms with Gasteiger partial charge in [-0.05, 0) is 37.1 Å². The number of hydrogen-bond donors (Lipinski definition) is 2. The molecule has 0 spiro atoms. The van der Waals surface area contributed by atoms with Gasteiger partial charge in [-0.15, -0.1) is 24.0 Å². The van der Waals surface area contributed by atoms with Gasteiger partial charge in [-0.2, -0.15) is 0 Å². The Morgan fingerprint density at radius 3 is 2.59 bits per heavy atom. The third-order valence-corrected chi connectivity index (χ3v) is 3.87. The minimum Gasteiger partial charge on any atom is -0.496 e. The van der Waals surface area contributed by atoms with Crippen LogP contribution in [0.15, 0.2) is 47.5 Å². The molecule has 7 heteroatoms. The van der Waals surface area contributed by atoms with Gasteiger partial charge < -0.3 is 20.3 Å². The van der Waals surface area contributed by atoms with Crippen LogP contribution in [-0.2, 0) is 13.0 Å². The summed E-state index contributed by atoms with van der Waals surface area (Å²) in [6.45, 7) is 4.18. The van der Waals surface area contributed by atoms with Crippen molar-refractivity contribution >= 4 is 35.8 Å². The second-order valence-corrected chi connectivity index (χ2v) is 6.07. The first-order valence-electron chi connectivity index (χ1n) is 8.91. The van der Waals surface area contributed by atoms with Crippen LogP contribution in [0, 0.1) is 0 Å². The minimum atomic E-state index is 0. The number of nitrogens with zero attached hydrogens (tertiary/aromatic N) is 3. The van der Waals surface area contributed by atoms with Gasteiger partial charge in [-0.3, -0.25) is 0 Å². The predicted molar refractivity (Wildman–Crippen MR) is 123 cm³/mol. The van der Waals surface area contributed by atoms with Crippen molar-refractivity contribution < 1.29 is 4.74 Å². The van der Waals surface area contributed by atoms with Crippen LogP contribution in [0.5, 0.6) is 5.75 Å². The van der Waals surface area contributed by atoms with Gasteiger partial charge in [0.1, 0.15) is 11.6 Å². The van der Waals surface area contributed by atoms with Crippen molar-refractivity contribution in [3.05, 3.63) is 53.7 Å². The van der Waals surface area contributed by atoms with E-state index in [1.165, 1.54) is 5.56 Å². The average Bonchev–Trinajstić information content (AvgIpc) is 2.66. The quantitative estimate of drug-likeness (QED) is 0.344. The van der Waals surface area contributed by atoms with E-state index in [0.29, 0.717) is 6.54 Å². The molecule has 1 heterocycles. The number of aliphatic imine (C=N–C) groups is 1. The molecule has 0 saturated carbocycles. The van der Waals surface area contributed by atoms with Gasteiger partial charge in [0.15, 0.2) is 5.96 Å². The lowest BCUT2D eigenvalue weighted by atomic mass is 10.1. The second kappa shape index (κ2) is 12.4. The van der Waals surface area contributed by atoms with Crippen molar-refractivity contribution in [1.82, 2.24) is 15.6 Å². The van der Waals surface area contributed by atoms with E-state index in [9.17, 15) is 0 Å². The summed E-state index contributed by atoms with van der Waals surface area (Å²) < 4.78 is 5.40. The molecule has 0 amide bonds. The number of anilines is 1. The Kier molecular flexibility index (Phi) is 10.5. The highest BCUT2D eigenvalue weighted by atomic mass is 127. The monoisotopic (exact) mass is 483 g/mol. The van der Waals surface area contributed by atoms with Crippen LogP contribution in [0.25, 0.3) is 0 Å². The highest BCUT2D eigenvalue weighted by Crippen LogP contribution is 2.17. The zero-order chi connectivity index (χ0) is 18.8. The number of guanidine groups is 1. The summed E-state index contributed by atoms with van der Waals surface area (Å²) in [6, 6.07) is 14.1. The van der Waals surface area contributed by atoms with Gasteiger partial charge in [0, 0.05) is 27.2 Å². The lowest BCUT2D eigenvalue weighted by molar-refractivity contribution is 0.409. The highest BCUT2D eigenvalue weighted by molar-refractivity contribution is 14.0. The SMILES string of the molecule is CCNC(=NCc1cccc(N(C)C)n1)NCCc1ccccc1OC.I. The molecule has 0 atom stereocenters. The molecular formula is C20H30IN5O. The number of rotatable bonds is 8. The summed E-state index contributed by atoms with van der Waals surface area (Å²) in [5, 5.41) is 6.65. The molecule has 0 unspecified atom stereocenters. The molecule has 2 rings (SSSR count). The largest absolute Gasteiger partial charge is 0.496 e. The van der Waals surface area contributed by atoms with Crippen LogP contribution in [0.2, 0.25) is 0 Å². The van der Waals surface area contributed by atoms with E-state index in [0.717, 1.165) is 42.7 Å². The van der Waals surface area contributed by atoms with E-state index in [4.69, 9.17) is 4.74 Å². The molecule has 1 aromatic carbocycles. The van der Waals surface area contributed by atoms with E-state index >= 15 is 0 Å². The molecule has 0 aliphatic rings. The van der Waals surface area contributed by atoms with E-state index < -0.39 is 0 Å². The number of ether oxygens (including phenoxy) is 1. The third kappa shape index (κ3) is 7.62. The van der Waals surface area contributed by atoms with Crippen molar-refractivity contribution in [2.45, 2.75) is 19.9 Å². The summed E-state index contributed by atoms with van der Waals surface area (Å²) in [7, 11) is 5.67.